The van der Waals surface area contributed by atoms with Gasteiger partial charge in [0.25, 0.3) is 0 Å². The Bertz CT molecular complexity index is 571. The minimum atomic E-state index is -1.22. The maximum absolute atomic E-state index is 12.5. The molecule has 0 radical (unpaired) electrons. The van der Waals surface area contributed by atoms with Crippen LogP contribution in [-0.4, -0.2) is 32.4 Å². The highest BCUT2D eigenvalue weighted by Crippen LogP contribution is 2.12. The molecule has 4 nitrogen and oxygen atoms in total. The summed E-state index contributed by atoms with van der Waals surface area (Å²) in [6, 6.07) is 9.39. The number of allylic oxidation sites excluding steroid dienone is 1. The molecule has 0 spiro atoms. The zero-order valence-electron chi connectivity index (χ0n) is 14.6. The number of rotatable bonds is 10. The van der Waals surface area contributed by atoms with Crippen LogP contribution in [0.1, 0.15) is 38.7 Å². The molecule has 5 heteroatoms. The first kappa shape index (κ1) is 20.3. The summed E-state index contributed by atoms with van der Waals surface area (Å²) in [5, 5.41) is 0. The van der Waals surface area contributed by atoms with Gasteiger partial charge in [-0.05, 0) is 24.3 Å². The van der Waals surface area contributed by atoms with Gasteiger partial charge in [0.1, 0.15) is 5.75 Å². The predicted molar refractivity (Wildman–Crippen MR) is 98.8 cm³/mol. The summed E-state index contributed by atoms with van der Waals surface area (Å²) in [6.07, 6.45) is 3.75. The summed E-state index contributed by atoms with van der Waals surface area (Å²) in [5.41, 5.74) is 0.890. The average Bonchev–Trinajstić information content (AvgIpc) is 2.59. The van der Waals surface area contributed by atoms with Crippen molar-refractivity contribution in [2.45, 2.75) is 39.7 Å². The molecule has 1 aromatic rings. The van der Waals surface area contributed by atoms with Crippen molar-refractivity contribution in [3.8, 4) is 0 Å². The Kier molecular flexibility index (Phi) is 9.23. The Morgan fingerprint density at radius 2 is 1.92 bits per heavy atom. The molecule has 0 saturated carbocycles. The van der Waals surface area contributed by atoms with Crippen LogP contribution in [0.5, 0.6) is 0 Å². The highest BCUT2D eigenvalue weighted by atomic mass is 32.2. The third-order valence-electron chi connectivity index (χ3n) is 3.84. The molecule has 0 aliphatic heterocycles. The van der Waals surface area contributed by atoms with E-state index in [0.717, 1.165) is 12.0 Å². The molecular formula is C19H27NO3S. The molecule has 0 heterocycles. The van der Waals surface area contributed by atoms with Crippen molar-refractivity contribution in [1.82, 2.24) is 4.90 Å². The van der Waals surface area contributed by atoms with Crippen LogP contribution in [0.3, 0.4) is 0 Å². The van der Waals surface area contributed by atoms with Crippen LogP contribution < -0.4 is 0 Å². The van der Waals surface area contributed by atoms with Crippen molar-refractivity contribution in [2.75, 3.05) is 11.5 Å². The molecule has 1 rings (SSSR count). The van der Waals surface area contributed by atoms with Crippen LogP contribution >= 0.6 is 0 Å². The number of benzene rings is 1. The van der Waals surface area contributed by atoms with Gasteiger partial charge in [-0.25, -0.2) is 0 Å². The van der Waals surface area contributed by atoms with Crippen LogP contribution in [0.15, 0.2) is 43.0 Å². The van der Waals surface area contributed by atoms with Crippen molar-refractivity contribution in [2.24, 2.45) is 5.92 Å². The van der Waals surface area contributed by atoms with Crippen molar-refractivity contribution in [3.63, 3.8) is 0 Å². The largest absolute Gasteiger partial charge is 0.277 e. The van der Waals surface area contributed by atoms with Crippen LogP contribution in [0.25, 0.3) is 0 Å². The lowest BCUT2D eigenvalue weighted by Crippen LogP contribution is -2.39. The molecule has 2 atom stereocenters. The standard InChI is InChI=1S/C19H27NO3S/c1-4-16(3)10-9-13-18(21)20(19(22)15-24(23)5-2)14-17-11-7-6-8-12-17/h4,6-8,11-12,16H,1,5,9-10,13-15H2,2-3H3. The Labute approximate surface area is 147 Å². The summed E-state index contributed by atoms with van der Waals surface area (Å²) in [7, 11) is -1.22. The summed E-state index contributed by atoms with van der Waals surface area (Å²) >= 11 is 0. The normalized spacial score (nSPS) is 13.1. The average molecular weight is 349 g/mol. The molecule has 0 aromatic heterocycles. The highest BCUT2D eigenvalue weighted by Gasteiger charge is 2.22. The van der Waals surface area contributed by atoms with Crippen LogP contribution in [0, 0.1) is 5.92 Å². The van der Waals surface area contributed by atoms with E-state index in [1.165, 1.54) is 4.90 Å². The van der Waals surface area contributed by atoms with E-state index >= 15 is 0 Å². The van der Waals surface area contributed by atoms with Crippen LogP contribution in [0.4, 0.5) is 0 Å². The molecule has 0 aliphatic carbocycles. The topological polar surface area (TPSA) is 54.5 Å². The second-order valence-corrected chi connectivity index (χ2v) is 7.58. The Hall–Kier alpha value is -1.75. The smallest absolute Gasteiger partial charge is 0.242 e. The fourth-order valence-corrected chi connectivity index (χ4v) is 2.86. The first-order chi connectivity index (χ1) is 11.5. The van der Waals surface area contributed by atoms with Gasteiger partial charge in [-0.1, -0.05) is 50.3 Å². The van der Waals surface area contributed by atoms with Gasteiger partial charge in [-0.2, -0.15) is 0 Å². The molecule has 2 unspecified atom stereocenters. The maximum Gasteiger partial charge on any atom is 0.242 e. The van der Waals surface area contributed by atoms with E-state index in [9.17, 15) is 13.8 Å². The predicted octanol–water partition coefficient (Wildman–Crippen LogP) is 3.30. The van der Waals surface area contributed by atoms with E-state index in [-0.39, 0.29) is 24.1 Å². The van der Waals surface area contributed by atoms with Gasteiger partial charge in [0.05, 0.1) is 6.54 Å². The minimum absolute atomic E-state index is 0.0991. The Balaban J connectivity index is 2.75. The third kappa shape index (κ3) is 7.21. The van der Waals surface area contributed by atoms with E-state index in [0.29, 0.717) is 24.5 Å². The zero-order chi connectivity index (χ0) is 17.9. The first-order valence-electron chi connectivity index (χ1n) is 8.32. The number of hydrogen-bond acceptors (Lipinski definition) is 3. The summed E-state index contributed by atoms with van der Waals surface area (Å²) in [5.74, 6) is 0.103. The fraction of sp³-hybridized carbons (Fsp3) is 0.474. The lowest BCUT2D eigenvalue weighted by Gasteiger charge is -2.21. The third-order valence-corrected chi connectivity index (χ3v) is 5.06. The Morgan fingerprint density at radius 1 is 1.25 bits per heavy atom. The SMILES string of the molecule is C=CC(C)CCCC(=O)N(Cc1ccccc1)C(=O)CS(=O)CC. The van der Waals surface area contributed by atoms with Crippen molar-refractivity contribution in [3.05, 3.63) is 48.6 Å². The van der Waals surface area contributed by atoms with Crippen LogP contribution in [0.2, 0.25) is 0 Å². The van der Waals surface area contributed by atoms with Crippen molar-refractivity contribution in [1.29, 1.82) is 0 Å². The highest BCUT2D eigenvalue weighted by molar-refractivity contribution is 7.85. The molecule has 132 valence electrons. The zero-order valence-corrected chi connectivity index (χ0v) is 15.4. The number of imide groups is 1. The molecule has 0 saturated heterocycles. The number of carbonyl (C=O) groups excluding carboxylic acids is 2. The molecular weight excluding hydrogens is 322 g/mol. The molecule has 24 heavy (non-hydrogen) atoms. The quantitative estimate of drug-likeness (QED) is 0.609. The molecule has 1 aromatic carbocycles. The van der Waals surface area contributed by atoms with Crippen molar-refractivity contribution < 1.29 is 13.8 Å². The minimum Gasteiger partial charge on any atom is -0.277 e. The number of hydrogen-bond donors (Lipinski definition) is 0. The van der Waals surface area contributed by atoms with Crippen LogP contribution in [-0.2, 0) is 26.9 Å². The van der Waals surface area contributed by atoms with E-state index in [1.807, 2.05) is 36.4 Å². The second kappa shape index (κ2) is 10.9. The van der Waals surface area contributed by atoms with Gasteiger partial charge >= 0.3 is 0 Å². The molecule has 0 N–H and O–H groups in total. The monoisotopic (exact) mass is 349 g/mol. The molecule has 2 amide bonds. The van der Waals surface area contributed by atoms with Gasteiger partial charge in [0.15, 0.2) is 0 Å². The summed E-state index contributed by atoms with van der Waals surface area (Å²) in [6.45, 7) is 7.79. The lowest BCUT2D eigenvalue weighted by atomic mass is 10.0. The van der Waals surface area contributed by atoms with Gasteiger partial charge in [-0.3, -0.25) is 18.7 Å². The maximum atomic E-state index is 12.5. The number of amides is 2. The number of nitrogens with zero attached hydrogens (tertiary/aromatic N) is 1. The van der Waals surface area contributed by atoms with Gasteiger partial charge in [0.2, 0.25) is 11.8 Å². The van der Waals surface area contributed by atoms with Gasteiger partial charge < -0.3 is 0 Å². The molecule has 0 aliphatic rings. The van der Waals surface area contributed by atoms with Crippen molar-refractivity contribution >= 4 is 22.6 Å². The second-order valence-electron chi connectivity index (χ2n) is 5.84. The van der Waals surface area contributed by atoms with E-state index < -0.39 is 10.8 Å². The summed E-state index contributed by atoms with van der Waals surface area (Å²) < 4.78 is 11.7. The molecule has 0 fully saturated rings. The first-order valence-corrected chi connectivity index (χ1v) is 9.81. The van der Waals surface area contributed by atoms with Gasteiger partial charge in [-0.15, -0.1) is 6.58 Å². The lowest BCUT2D eigenvalue weighted by molar-refractivity contribution is -0.144. The van der Waals surface area contributed by atoms with Gasteiger partial charge in [0, 0.05) is 23.0 Å². The Morgan fingerprint density at radius 3 is 2.50 bits per heavy atom. The fourth-order valence-electron chi connectivity index (χ4n) is 2.23. The van der Waals surface area contributed by atoms with E-state index in [1.54, 1.807) is 6.92 Å². The van der Waals surface area contributed by atoms with E-state index in [2.05, 4.69) is 13.5 Å². The van der Waals surface area contributed by atoms with E-state index in [4.69, 9.17) is 0 Å². The molecule has 0 bridgehead atoms. The summed E-state index contributed by atoms with van der Waals surface area (Å²) in [4.78, 5) is 26.2. The number of carbonyl (C=O) groups is 2.